The molecule has 0 amide bonds. The standard InChI is InChI=1S/C28H48FO4P/c1-3-14-23-15-17-25(18-16-23)26-21-24(4-2)28(27(29)22-26)33-19-12-10-8-6-5-7-9-11-13-20-34(30,31)32/h21-23,25H,3-20H2,1-2H3,(H2,30,31,32). The number of hydrogen-bond acceptors (Lipinski definition) is 2. The van der Waals surface area contributed by atoms with Gasteiger partial charge in [0.2, 0.25) is 0 Å². The van der Waals surface area contributed by atoms with Crippen molar-refractivity contribution in [3.05, 3.63) is 29.1 Å². The molecule has 1 aromatic rings. The molecular weight excluding hydrogens is 450 g/mol. The third-order valence-corrected chi connectivity index (χ3v) is 8.28. The average Bonchev–Trinajstić information content (AvgIpc) is 2.80. The summed E-state index contributed by atoms with van der Waals surface area (Å²) >= 11 is 0. The number of ether oxygens (including phenoxy) is 1. The van der Waals surface area contributed by atoms with Crippen molar-refractivity contribution in [1.82, 2.24) is 0 Å². The summed E-state index contributed by atoms with van der Waals surface area (Å²) < 4.78 is 31.7. The third-order valence-electron chi connectivity index (χ3n) is 7.38. The van der Waals surface area contributed by atoms with Gasteiger partial charge in [0, 0.05) is 6.16 Å². The van der Waals surface area contributed by atoms with Gasteiger partial charge in [0.25, 0.3) is 0 Å². The molecule has 34 heavy (non-hydrogen) atoms. The monoisotopic (exact) mass is 498 g/mol. The predicted molar refractivity (Wildman–Crippen MR) is 139 cm³/mol. The van der Waals surface area contributed by atoms with E-state index in [-0.39, 0.29) is 12.0 Å². The smallest absolute Gasteiger partial charge is 0.325 e. The summed E-state index contributed by atoms with van der Waals surface area (Å²) in [6, 6.07) is 3.93. The van der Waals surface area contributed by atoms with Crippen LogP contribution in [0.25, 0.3) is 0 Å². The second kappa shape index (κ2) is 16.0. The lowest BCUT2D eigenvalue weighted by Gasteiger charge is -2.29. The highest BCUT2D eigenvalue weighted by atomic mass is 31.2. The van der Waals surface area contributed by atoms with Crippen LogP contribution >= 0.6 is 7.60 Å². The van der Waals surface area contributed by atoms with Crippen molar-refractivity contribution in [2.75, 3.05) is 12.8 Å². The number of halogens is 1. The van der Waals surface area contributed by atoms with Gasteiger partial charge in [0.05, 0.1) is 6.61 Å². The van der Waals surface area contributed by atoms with Crippen LogP contribution in [0.1, 0.15) is 127 Å². The third kappa shape index (κ3) is 11.2. The first kappa shape index (κ1) is 29.3. The topological polar surface area (TPSA) is 66.8 Å². The summed E-state index contributed by atoms with van der Waals surface area (Å²) in [5.41, 5.74) is 2.17. The van der Waals surface area contributed by atoms with Gasteiger partial charge in [-0.2, -0.15) is 0 Å². The molecule has 0 unspecified atom stereocenters. The zero-order chi connectivity index (χ0) is 24.8. The molecule has 0 atom stereocenters. The van der Waals surface area contributed by atoms with Gasteiger partial charge < -0.3 is 14.5 Å². The molecule has 6 heteroatoms. The first-order valence-electron chi connectivity index (χ1n) is 13.8. The highest BCUT2D eigenvalue weighted by molar-refractivity contribution is 7.51. The summed E-state index contributed by atoms with van der Waals surface area (Å²) in [5, 5.41) is 0. The number of unbranched alkanes of at least 4 members (excludes halogenated alkanes) is 8. The summed E-state index contributed by atoms with van der Waals surface area (Å²) in [5.74, 6) is 1.62. The van der Waals surface area contributed by atoms with Gasteiger partial charge in [-0.05, 0) is 74.0 Å². The van der Waals surface area contributed by atoms with E-state index in [4.69, 9.17) is 14.5 Å². The van der Waals surface area contributed by atoms with Crippen molar-refractivity contribution in [2.45, 2.75) is 122 Å². The quantitative estimate of drug-likeness (QED) is 0.167. The van der Waals surface area contributed by atoms with Crippen LogP contribution in [0, 0.1) is 11.7 Å². The van der Waals surface area contributed by atoms with Crippen molar-refractivity contribution < 1.29 is 23.5 Å². The molecule has 0 aliphatic heterocycles. The van der Waals surface area contributed by atoms with Gasteiger partial charge in [0.15, 0.2) is 11.6 Å². The molecule has 1 fully saturated rings. The molecule has 1 saturated carbocycles. The molecule has 4 nitrogen and oxygen atoms in total. The van der Waals surface area contributed by atoms with E-state index in [0.717, 1.165) is 62.8 Å². The SMILES string of the molecule is CCCC1CCC(c2cc(F)c(OCCCCCCCCCCCP(=O)(O)O)c(CC)c2)CC1. The summed E-state index contributed by atoms with van der Waals surface area (Å²) in [7, 11) is -3.82. The second-order valence-corrected chi connectivity index (χ2v) is 12.0. The summed E-state index contributed by atoms with van der Waals surface area (Å²) in [6.07, 6.45) is 17.5. The number of rotatable bonds is 17. The van der Waals surface area contributed by atoms with E-state index in [1.54, 1.807) is 6.07 Å². The molecule has 0 bridgehead atoms. The minimum atomic E-state index is -3.82. The largest absolute Gasteiger partial charge is 0.490 e. The van der Waals surface area contributed by atoms with E-state index in [1.165, 1.54) is 50.5 Å². The summed E-state index contributed by atoms with van der Waals surface area (Å²) in [4.78, 5) is 17.7. The Morgan fingerprint density at radius 1 is 0.912 bits per heavy atom. The maximum Gasteiger partial charge on any atom is 0.325 e. The zero-order valence-corrected chi connectivity index (χ0v) is 22.5. The Morgan fingerprint density at radius 2 is 1.50 bits per heavy atom. The lowest BCUT2D eigenvalue weighted by Crippen LogP contribution is -2.14. The van der Waals surface area contributed by atoms with Crippen LogP contribution in [-0.2, 0) is 11.0 Å². The molecule has 0 spiro atoms. The fraction of sp³-hybridized carbons (Fsp3) is 0.786. The number of benzene rings is 1. The van der Waals surface area contributed by atoms with Crippen LogP contribution in [0.5, 0.6) is 5.75 Å². The van der Waals surface area contributed by atoms with Gasteiger partial charge in [-0.1, -0.05) is 77.7 Å². The van der Waals surface area contributed by atoms with E-state index >= 15 is 0 Å². The Morgan fingerprint density at radius 3 is 2.06 bits per heavy atom. The Bertz CT molecular complexity index is 740. The molecule has 2 rings (SSSR count). The fourth-order valence-corrected chi connectivity index (χ4v) is 5.99. The van der Waals surface area contributed by atoms with Crippen LogP contribution in [-0.4, -0.2) is 22.6 Å². The minimum Gasteiger partial charge on any atom is -0.490 e. The Kier molecular flexibility index (Phi) is 13.8. The van der Waals surface area contributed by atoms with E-state index in [9.17, 15) is 8.96 Å². The predicted octanol–water partition coefficient (Wildman–Crippen LogP) is 8.53. The van der Waals surface area contributed by atoms with Crippen molar-refractivity contribution in [3.63, 3.8) is 0 Å². The van der Waals surface area contributed by atoms with Crippen molar-refractivity contribution in [3.8, 4) is 5.75 Å². The molecular formula is C28H48FO4P. The fourth-order valence-electron chi connectivity index (χ4n) is 5.36. The van der Waals surface area contributed by atoms with Crippen LogP contribution in [0.4, 0.5) is 4.39 Å². The number of aryl methyl sites for hydroxylation is 1. The van der Waals surface area contributed by atoms with Crippen molar-refractivity contribution in [1.29, 1.82) is 0 Å². The summed E-state index contributed by atoms with van der Waals surface area (Å²) in [6.45, 7) is 4.90. The maximum atomic E-state index is 15.0. The molecule has 0 aromatic heterocycles. The molecule has 0 radical (unpaired) electrons. The minimum absolute atomic E-state index is 0.0100. The van der Waals surface area contributed by atoms with Gasteiger partial charge in [0.1, 0.15) is 0 Å². The first-order valence-corrected chi connectivity index (χ1v) is 15.6. The van der Waals surface area contributed by atoms with Gasteiger partial charge in [-0.3, -0.25) is 4.57 Å². The highest BCUT2D eigenvalue weighted by Crippen LogP contribution is 2.39. The van der Waals surface area contributed by atoms with Gasteiger partial charge in [-0.25, -0.2) is 4.39 Å². The molecule has 1 aliphatic carbocycles. The molecule has 0 heterocycles. The molecule has 196 valence electrons. The maximum absolute atomic E-state index is 15.0. The molecule has 1 aliphatic rings. The molecule has 0 saturated heterocycles. The van der Waals surface area contributed by atoms with Gasteiger partial charge >= 0.3 is 7.60 Å². The van der Waals surface area contributed by atoms with Crippen molar-refractivity contribution >= 4 is 7.60 Å². The van der Waals surface area contributed by atoms with Crippen LogP contribution in [0.2, 0.25) is 0 Å². The average molecular weight is 499 g/mol. The molecule has 2 N–H and O–H groups in total. The van der Waals surface area contributed by atoms with E-state index in [0.29, 0.717) is 24.7 Å². The van der Waals surface area contributed by atoms with E-state index in [1.807, 2.05) is 0 Å². The van der Waals surface area contributed by atoms with Crippen LogP contribution in [0.15, 0.2) is 12.1 Å². The van der Waals surface area contributed by atoms with E-state index < -0.39 is 7.60 Å². The highest BCUT2D eigenvalue weighted by Gasteiger charge is 2.24. The van der Waals surface area contributed by atoms with E-state index in [2.05, 4.69) is 19.9 Å². The van der Waals surface area contributed by atoms with Crippen molar-refractivity contribution in [2.24, 2.45) is 5.92 Å². The Labute approximate surface area is 207 Å². The number of hydrogen-bond donors (Lipinski definition) is 2. The molecule has 1 aromatic carbocycles. The lowest BCUT2D eigenvalue weighted by molar-refractivity contribution is 0.285. The van der Waals surface area contributed by atoms with Crippen LogP contribution < -0.4 is 4.74 Å². The second-order valence-electron chi connectivity index (χ2n) is 10.3. The normalized spacial score (nSPS) is 18.9. The first-order chi connectivity index (χ1) is 16.3. The zero-order valence-electron chi connectivity index (χ0n) is 21.6. The van der Waals surface area contributed by atoms with Gasteiger partial charge in [-0.15, -0.1) is 0 Å². The lowest BCUT2D eigenvalue weighted by atomic mass is 9.77. The van der Waals surface area contributed by atoms with Crippen LogP contribution in [0.3, 0.4) is 0 Å². The Hall–Kier alpha value is -0.900. The Balaban J connectivity index is 1.63.